The molecule has 0 saturated heterocycles. The maximum absolute atomic E-state index is 6.24. The predicted octanol–water partition coefficient (Wildman–Crippen LogP) is 3.22. The first-order chi connectivity index (χ1) is 8.01. The van der Waals surface area contributed by atoms with E-state index in [1.165, 1.54) is 0 Å². The van der Waals surface area contributed by atoms with Gasteiger partial charge < -0.3 is 5.32 Å². The van der Waals surface area contributed by atoms with Crippen LogP contribution in [0.15, 0.2) is 0 Å². The molecular formula is C12H21Cl2N3. The molecule has 0 aliphatic carbocycles. The normalized spacial score (nSPS) is 14.9. The largest absolute Gasteiger partial charge is 0.308 e. The average Bonchev–Trinajstić information content (AvgIpc) is 2.61. The van der Waals surface area contributed by atoms with Crippen molar-refractivity contribution in [2.45, 2.75) is 46.8 Å². The third kappa shape index (κ3) is 3.60. The van der Waals surface area contributed by atoms with Gasteiger partial charge in [-0.05, 0) is 26.7 Å². The summed E-state index contributed by atoms with van der Waals surface area (Å²) in [6.07, 6.45) is 0. The van der Waals surface area contributed by atoms with Crippen LogP contribution in [0.5, 0.6) is 0 Å². The summed E-state index contributed by atoms with van der Waals surface area (Å²) in [7, 11) is 0. The Morgan fingerprint density at radius 2 is 2.06 bits per heavy atom. The van der Waals surface area contributed by atoms with Crippen LogP contribution < -0.4 is 5.32 Å². The smallest absolute Gasteiger partial charge is 0.0860 e. The first kappa shape index (κ1) is 14.8. The number of halogens is 2. The molecule has 0 aliphatic heterocycles. The number of hydrogen-bond donors (Lipinski definition) is 1. The molecule has 0 radical (unpaired) electrons. The molecule has 0 bridgehead atoms. The Bertz CT molecular complexity index is 363. The summed E-state index contributed by atoms with van der Waals surface area (Å²) >= 11 is 12.1. The van der Waals surface area contributed by atoms with Gasteiger partial charge in [-0.2, -0.15) is 5.10 Å². The SMILES string of the molecule is CCn1nc(C)c(Cl)c1CNC(C)C(C)CCl. The number of alkyl halides is 1. The Hall–Kier alpha value is -0.250. The van der Waals surface area contributed by atoms with E-state index in [2.05, 4.69) is 31.2 Å². The molecule has 0 spiro atoms. The van der Waals surface area contributed by atoms with Crippen LogP contribution in [-0.4, -0.2) is 21.7 Å². The average molecular weight is 278 g/mol. The molecule has 0 aliphatic rings. The van der Waals surface area contributed by atoms with Gasteiger partial charge >= 0.3 is 0 Å². The highest BCUT2D eigenvalue weighted by molar-refractivity contribution is 6.31. The summed E-state index contributed by atoms with van der Waals surface area (Å²) in [5.74, 6) is 1.10. The zero-order valence-corrected chi connectivity index (χ0v) is 12.4. The van der Waals surface area contributed by atoms with E-state index in [1.54, 1.807) is 0 Å². The minimum atomic E-state index is 0.365. The summed E-state index contributed by atoms with van der Waals surface area (Å²) in [5.41, 5.74) is 1.95. The maximum atomic E-state index is 6.24. The van der Waals surface area contributed by atoms with Crippen LogP contribution in [0.2, 0.25) is 5.02 Å². The van der Waals surface area contributed by atoms with Crippen LogP contribution in [0.25, 0.3) is 0 Å². The van der Waals surface area contributed by atoms with E-state index >= 15 is 0 Å². The first-order valence-electron chi connectivity index (χ1n) is 6.02. The Morgan fingerprint density at radius 3 is 2.59 bits per heavy atom. The molecule has 3 nitrogen and oxygen atoms in total. The van der Waals surface area contributed by atoms with Crippen molar-refractivity contribution in [3.8, 4) is 0 Å². The summed E-state index contributed by atoms with van der Waals surface area (Å²) in [5, 5.41) is 8.61. The minimum Gasteiger partial charge on any atom is -0.308 e. The van der Waals surface area contributed by atoms with Gasteiger partial charge in [-0.25, -0.2) is 0 Å². The van der Waals surface area contributed by atoms with E-state index < -0.39 is 0 Å². The highest BCUT2D eigenvalue weighted by Gasteiger charge is 2.15. The number of aromatic nitrogens is 2. The van der Waals surface area contributed by atoms with E-state index in [0.717, 1.165) is 29.5 Å². The molecule has 0 aromatic carbocycles. The molecular weight excluding hydrogens is 257 g/mol. The van der Waals surface area contributed by atoms with Crippen molar-refractivity contribution in [2.24, 2.45) is 5.92 Å². The van der Waals surface area contributed by atoms with Gasteiger partial charge in [-0.15, -0.1) is 11.6 Å². The summed E-state index contributed by atoms with van der Waals surface area (Å²) < 4.78 is 1.95. The van der Waals surface area contributed by atoms with Crippen molar-refractivity contribution in [1.82, 2.24) is 15.1 Å². The van der Waals surface area contributed by atoms with Crippen molar-refractivity contribution in [1.29, 1.82) is 0 Å². The molecule has 1 aromatic rings. The molecule has 2 unspecified atom stereocenters. The van der Waals surface area contributed by atoms with E-state index in [4.69, 9.17) is 23.2 Å². The highest BCUT2D eigenvalue weighted by Crippen LogP contribution is 2.20. The van der Waals surface area contributed by atoms with Gasteiger partial charge in [0.25, 0.3) is 0 Å². The molecule has 1 heterocycles. The minimum absolute atomic E-state index is 0.365. The summed E-state index contributed by atoms with van der Waals surface area (Å²) in [6, 6.07) is 0.365. The molecule has 98 valence electrons. The van der Waals surface area contributed by atoms with Crippen molar-refractivity contribution >= 4 is 23.2 Å². The van der Waals surface area contributed by atoms with E-state index in [9.17, 15) is 0 Å². The third-order valence-corrected chi connectivity index (χ3v) is 4.12. The van der Waals surface area contributed by atoms with Crippen LogP contribution in [0, 0.1) is 12.8 Å². The van der Waals surface area contributed by atoms with Crippen molar-refractivity contribution in [3.63, 3.8) is 0 Å². The van der Waals surface area contributed by atoms with Crippen LogP contribution in [0.1, 0.15) is 32.2 Å². The standard InChI is InChI=1S/C12H21Cl2N3/c1-5-17-11(12(14)10(4)16-17)7-15-9(3)8(2)6-13/h8-9,15H,5-7H2,1-4H3. The summed E-state index contributed by atoms with van der Waals surface area (Å²) in [4.78, 5) is 0. The number of nitrogens with zero attached hydrogens (tertiary/aromatic N) is 2. The van der Waals surface area contributed by atoms with Gasteiger partial charge in [0.15, 0.2) is 0 Å². The highest BCUT2D eigenvalue weighted by atomic mass is 35.5. The monoisotopic (exact) mass is 277 g/mol. The van der Waals surface area contributed by atoms with Gasteiger partial charge in [-0.3, -0.25) is 4.68 Å². The molecule has 0 saturated carbocycles. The van der Waals surface area contributed by atoms with E-state index in [-0.39, 0.29) is 0 Å². The first-order valence-corrected chi connectivity index (χ1v) is 6.93. The lowest BCUT2D eigenvalue weighted by Gasteiger charge is -2.19. The predicted molar refractivity (Wildman–Crippen MR) is 73.8 cm³/mol. The molecule has 1 rings (SSSR count). The Balaban J connectivity index is 2.68. The van der Waals surface area contributed by atoms with Crippen LogP contribution in [-0.2, 0) is 13.1 Å². The van der Waals surface area contributed by atoms with Gasteiger partial charge in [0.05, 0.1) is 16.4 Å². The summed E-state index contributed by atoms with van der Waals surface area (Å²) in [6.45, 7) is 9.84. The molecule has 1 N–H and O–H groups in total. The third-order valence-electron chi connectivity index (χ3n) is 3.14. The fourth-order valence-corrected chi connectivity index (χ4v) is 2.10. The van der Waals surface area contributed by atoms with Crippen molar-refractivity contribution in [2.75, 3.05) is 5.88 Å². The molecule has 1 aromatic heterocycles. The zero-order chi connectivity index (χ0) is 13.0. The second-order valence-corrected chi connectivity index (χ2v) is 5.15. The van der Waals surface area contributed by atoms with Crippen molar-refractivity contribution in [3.05, 3.63) is 16.4 Å². The second-order valence-electron chi connectivity index (χ2n) is 4.46. The fourth-order valence-electron chi connectivity index (χ4n) is 1.63. The van der Waals surface area contributed by atoms with Gasteiger partial charge in [0, 0.05) is 25.0 Å². The van der Waals surface area contributed by atoms with Gasteiger partial charge in [-0.1, -0.05) is 18.5 Å². The van der Waals surface area contributed by atoms with Crippen LogP contribution in [0.4, 0.5) is 0 Å². The Kier molecular flexibility index (Phi) is 5.77. The number of nitrogens with one attached hydrogen (secondary N) is 1. The fraction of sp³-hybridized carbons (Fsp3) is 0.750. The lowest BCUT2D eigenvalue weighted by molar-refractivity contribution is 0.420. The Labute approximate surface area is 113 Å². The molecule has 2 atom stereocenters. The van der Waals surface area contributed by atoms with E-state index in [1.807, 2.05) is 11.6 Å². The quantitative estimate of drug-likeness (QED) is 0.810. The molecule has 5 heteroatoms. The van der Waals surface area contributed by atoms with E-state index in [0.29, 0.717) is 17.8 Å². The van der Waals surface area contributed by atoms with Gasteiger partial charge in [0.2, 0.25) is 0 Å². The topological polar surface area (TPSA) is 29.9 Å². The second kappa shape index (κ2) is 6.62. The molecule has 0 fully saturated rings. The Morgan fingerprint density at radius 1 is 1.41 bits per heavy atom. The lowest BCUT2D eigenvalue weighted by Crippen LogP contribution is -2.33. The maximum Gasteiger partial charge on any atom is 0.0860 e. The zero-order valence-electron chi connectivity index (χ0n) is 10.9. The van der Waals surface area contributed by atoms with Crippen LogP contribution >= 0.6 is 23.2 Å². The molecule has 0 amide bonds. The van der Waals surface area contributed by atoms with Crippen molar-refractivity contribution < 1.29 is 0 Å². The number of aryl methyl sites for hydroxylation is 2. The number of hydrogen-bond acceptors (Lipinski definition) is 2. The molecule has 17 heavy (non-hydrogen) atoms. The van der Waals surface area contributed by atoms with Gasteiger partial charge in [0.1, 0.15) is 0 Å². The van der Waals surface area contributed by atoms with Crippen LogP contribution in [0.3, 0.4) is 0 Å². The lowest BCUT2D eigenvalue weighted by atomic mass is 10.1. The number of rotatable bonds is 6.